The zero-order valence-corrected chi connectivity index (χ0v) is 13.9. The summed E-state index contributed by atoms with van der Waals surface area (Å²) in [5.41, 5.74) is 5.81. The van der Waals surface area contributed by atoms with Crippen molar-refractivity contribution >= 4 is 34.3 Å². The minimum absolute atomic E-state index is 0.713. The van der Waals surface area contributed by atoms with Gasteiger partial charge in [-0.05, 0) is 29.8 Å². The van der Waals surface area contributed by atoms with Crippen LogP contribution in [0.15, 0.2) is 59.0 Å². The third kappa shape index (κ3) is 4.09. The lowest BCUT2D eigenvalue weighted by atomic mass is 10.2. The van der Waals surface area contributed by atoms with Gasteiger partial charge in [0.15, 0.2) is 0 Å². The number of thiazole rings is 1. The normalized spacial score (nSPS) is 10.9. The third-order valence-corrected chi connectivity index (χ3v) is 4.11. The van der Waals surface area contributed by atoms with Gasteiger partial charge in [0, 0.05) is 16.0 Å². The van der Waals surface area contributed by atoms with Gasteiger partial charge >= 0.3 is 0 Å². The number of hydrazone groups is 1. The zero-order chi connectivity index (χ0) is 16.1. The minimum atomic E-state index is 0.713. The van der Waals surface area contributed by atoms with Crippen LogP contribution in [0.5, 0.6) is 5.75 Å². The van der Waals surface area contributed by atoms with Crippen LogP contribution in [0.3, 0.4) is 0 Å². The highest BCUT2D eigenvalue weighted by Crippen LogP contribution is 2.25. The van der Waals surface area contributed by atoms with E-state index in [-0.39, 0.29) is 0 Å². The maximum Gasteiger partial charge on any atom is 0.203 e. The van der Waals surface area contributed by atoms with Crippen molar-refractivity contribution in [3.05, 3.63) is 64.5 Å². The summed E-state index contributed by atoms with van der Waals surface area (Å²) >= 11 is 7.39. The van der Waals surface area contributed by atoms with Crippen molar-refractivity contribution < 1.29 is 4.74 Å². The maximum atomic E-state index is 5.89. The zero-order valence-electron chi connectivity index (χ0n) is 12.4. The summed E-state index contributed by atoms with van der Waals surface area (Å²) in [5, 5.41) is 7.63. The van der Waals surface area contributed by atoms with E-state index in [0.29, 0.717) is 5.02 Å². The van der Waals surface area contributed by atoms with E-state index in [9.17, 15) is 0 Å². The lowest BCUT2D eigenvalue weighted by molar-refractivity contribution is 0.415. The predicted molar refractivity (Wildman–Crippen MR) is 96.8 cm³/mol. The van der Waals surface area contributed by atoms with Gasteiger partial charge in [0.1, 0.15) is 5.75 Å². The summed E-state index contributed by atoms with van der Waals surface area (Å²) in [5.74, 6) is 0.799. The molecule has 0 saturated heterocycles. The van der Waals surface area contributed by atoms with Gasteiger partial charge in [-0.15, -0.1) is 11.3 Å². The summed E-state index contributed by atoms with van der Waals surface area (Å²) in [6.07, 6.45) is 1.73. The van der Waals surface area contributed by atoms with E-state index in [1.807, 2.05) is 53.9 Å². The van der Waals surface area contributed by atoms with E-state index in [1.54, 1.807) is 13.3 Å². The Labute approximate surface area is 143 Å². The second-order valence-electron chi connectivity index (χ2n) is 4.69. The first kappa shape index (κ1) is 15.5. The van der Waals surface area contributed by atoms with Crippen molar-refractivity contribution in [2.45, 2.75) is 0 Å². The number of hydrogen-bond acceptors (Lipinski definition) is 5. The number of anilines is 1. The van der Waals surface area contributed by atoms with Crippen LogP contribution in [-0.4, -0.2) is 18.3 Å². The standard InChI is InChI=1S/C17H14ClN3OS/c1-22-15-4-2-3-12(9-15)10-19-21-17-20-16(11-23-17)13-5-7-14(18)8-6-13/h2-11H,1H3,(H,20,21). The number of nitrogens with zero attached hydrogens (tertiary/aromatic N) is 2. The molecule has 4 nitrogen and oxygen atoms in total. The van der Waals surface area contributed by atoms with Gasteiger partial charge in [-0.2, -0.15) is 5.10 Å². The van der Waals surface area contributed by atoms with Gasteiger partial charge in [-0.3, -0.25) is 5.43 Å². The van der Waals surface area contributed by atoms with Gasteiger partial charge in [0.2, 0.25) is 5.13 Å². The average Bonchev–Trinajstić information content (AvgIpc) is 3.04. The molecule has 0 saturated carbocycles. The Hall–Kier alpha value is -2.37. The number of benzene rings is 2. The van der Waals surface area contributed by atoms with Crippen molar-refractivity contribution in [2.75, 3.05) is 12.5 Å². The molecule has 1 aromatic heterocycles. The molecule has 1 heterocycles. The summed E-state index contributed by atoms with van der Waals surface area (Å²) in [6.45, 7) is 0. The van der Waals surface area contributed by atoms with Crippen LogP contribution in [0.2, 0.25) is 5.02 Å². The molecular weight excluding hydrogens is 330 g/mol. The van der Waals surface area contributed by atoms with Crippen LogP contribution in [0.1, 0.15) is 5.56 Å². The molecule has 23 heavy (non-hydrogen) atoms. The fraction of sp³-hybridized carbons (Fsp3) is 0.0588. The minimum Gasteiger partial charge on any atom is -0.497 e. The Morgan fingerprint density at radius 2 is 2.04 bits per heavy atom. The summed E-state index contributed by atoms with van der Waals surface area (Å²) in [6, 6.07) is 15.3. The number of methoxy groups -OCH3 is 1. The molecule has 2 aromatic carbocycles. The van der Waals surface area contributed by atoms with Crippen molar-refractivity contribution in [1.29, 1.82) is 0 Å². The van der Waals surface area contributed by atoms with Crippen molar-refractivity contribution in [2.24, 2.45) is 5.10 Å². The molecule has 0 bridgehead atoms. The molecule has 1 N–H and O–H groups in total. The average molecular weight is 344 g/mol. The van der Waals surface area contributed by atoms with Crippen LogP contribution in [0, 0.1) is 0 Å². The van der Waals surface area contributed by atoms with Crippen LogP contribution >= 0.6 is 22.9 Å². The molecule has 0 aliphatic carbocycles. The van der Waals surface area contributed by atoms with Gasteiger partial charge in [-0.1, -0.05) is 35.9 Å². The largest absolute Gasteiger partial charge is 0.497 e. The van der Waals surface area contributed by atoms with Gasteiger partial charge < -0.3 is 4.74 Å². The van der Waals surface area contributed by atoms with E-state index < -0.39 is 0 Å². The molecule has 3 rings (SSSR count). The first-order chi connectivity index (χ1) is 11.2. The maximum absolute atomic E-state index is 5.89. The van der Waals surface area contributed by atoms with E-state index >= 15 is 0 Å². The topological polar surface area (TPSA) is 46.5 Å². The first-order valence-electron chi connectivity index (χ1n) is 6.89. The molecule has 3 aromatic rings. The van der Waals surface area contributed by atoms with Gasteiger partial charge in [-0.25, -0.2) is 4.98 Å². The molecular formula is C17H14ClN3OS. The molecule has 0 unspecified atom stereocenters. The fourth-order valence-corrected chi connectivity index (χ4v) is 2.76. The number of hydrogen-bond donors (Lipinski definition) is 1. The number of nitrogens with one attached hydrogen (secondary N) is 1. The molecule has 0 aliphatic heterocycles. The summed E-state index contributed by atoms with van der Waals surface area (Å²) in [7, 11) is 1.64. The second-order valence-corrected chi connectivity index (χ2v) is 5.99. The van der Waals surface area contributed by atoms with E-state index in [0.717, 1.165) is 27.7 Å². The molecule has 6 heteroatoms. The second kappa shape index (κ2) is 7.26. The van der Waals surface area contributed by atoms with Crippen LogP contribution in [0.4, 0.5) is 5.13 Å². The molecule has 116 valence electrons. The third-order valence-electron chi connectivity index (χ3n) is 3.11. The molecule has 0 atom stereocenters. The Kier molecular flexibility index (Phi) is 4.90. The molecule has 0 fully saturated rings. The fourth-order valence-electron chi connectivity index (χ4n) is 1.96. The lowest BCUT2D eigenvalue weighted by Gasteiger charge is -1.99. The molecule has 0 amide bonds. The monoisotopic (exact) mass is 343 g/mol. The summed E-state index contributed by atoms with van der Waals surface area (Å²) < 4.78 is 5.18. The van der Waals surface area contributed by atoms with E-state index in [4.69, 9.17) is 16.3 Å². The molecule has 0 aliphatic rings. The van der Waals surface area contributed by atoms with Gasteiger partial charge in [0.25, 0.3) is 0 Å². The lowest BCUT2D eigenvalue weighted by Crippen LogP contribution is -1.91. The van der Waals surface area contributed by atoms with Crippen molar-refractivity contribution in [1.82, 2.24) is 4.98 Å². The van der Waals surface area contributed by atoms with Gasteiger partial charge in [0.05, 0.1) is 19.0 Å². The van der Waals surface area contributed by atoms with Crippen LogP contribution in [0.25, 0.3) is 11.3 Å². The SMILES string of the molecule is COc1cccc(C=NNc2nc(-c3ccc(Cl)cc3)cs2)c1. The van der Waals surface area contributed by atoms with Crippen molar-refractivity contribution in [3.8, 4) is 17.0 Å². The number of ether oxygens (including phenoxy) is 1. The van der Waals surface area contributed by atoms with Crippen LogP contribution in [-0.2, 0) is 0 Å². The number of aromatic nitrogens is 1. The highest BCUT2D eigenvalue weighted by Gasteiger charge is 2.03. The van der Waals surface area contributed by atoms with Crippen molar-refractivity contribution in [3.63, 3.8) is 0 Å². The number of rotatable bonds is 5. The highest BCUT2D eigenvalue weighted by atomic mass is 35.5. The molecule has 0 spiro atoms. The Morgan fingerprint density at radius 1 is 1.22 bits per heavy atom. The summed E-state index contributed by atoms with van der Waals surface area (Å²) in [4.78, 5) is 4.50. The van der Waals surface area contributed by atoms with Crippen LogP contribution < -0.4 is 10.2 Å². The van der Waals surface area contributed by atoms with E-state index in [2.05, 4.69) is 15.5 Å². The predicted octanol–water partition coefficient (Wildman–Crippen LogP) is 4.92. The first-order valence-corrected chi connectivity index (χ1v) is 8.15. The van der Waals surface area contributed by atoms with E-state index in [1.165, 1.54) is 11.3 Å². The highest BCUT2D eigenvalue weighted by molar-refractivity contribution is 7.14. The Balaban J connectivity index is 1.67. The quantitative estimate of drug-likeness (QED) is 0.528. The smallest absolute Gasteiger partial charge is 0.203 e. The number of halogens is 1. The molecule has 0 radical (unpaired) electrons. The Bertz CT molecular complexity index is 815. The Morgan fingerprint density at radius 3 is 2.83 bits per heavy atom.